The van der Waals surface area contributed by atoms with E-state index in [0.29, 0.717) is 26.1 Å². The minimum atomic E-state index is -4.10. The van der Waals surface area contributed by atoms with Gasteiger partial charge >= 0.3 is 12.3 Å². The molecule has 0 aromatic carbocycles. The maximum Gasteiger partial charge on any atom is 0.410 e. The molecule has 2 unspecified atom stereocenters. The summed E-state index contributed by atoms with van der Waals surface area (Å²) < 4.78 is 43.7. The summed E-state index contributed by atoms with van der Waals surface area (Å²) in [7, 11) is 0. The van der Waals surface area contributed by atoms with E-state index in [1.165, 1.54) is 0 Å². The number of ether oxygens (including phenoxy) is 1. The highest BCUT2D eigenvalue weighted by Gasteiger charge is 2.42. The average molecular weight is 338 g/mol. The van der Waals surface area contributed by atoms with E-state index in [-0.39, 0.29) is 18.9 Å². The normalized spacial score (nSPS) is 22.7. The number of carbonyl (C=O) groups excluding carboxylic acids is 1. The van der Waals surface area contributed by atoms with Crippen LogP contribution in [0.25, 0.3) is 0 Å². The Morgan fingerprint density at radius 2 is 1.91 bits per heavy atom. The number of amides is 1. The third-order valence-electron chi connectivity index (χ3n) is 3.99. The third-order valence-corrected chi connectivity index (χ3v) is 3.99. The number of carbonyl (C=O) groups is 1. The molecule has 7 heteroatoms. The molecular weight excluding hydrogens is 309 g/mol. The van der Waals surface area contributed by atoms with Crippen LogP contribution in [0.3, 0.4) is 0 Å². The van der Waals surface area contributed by atoms with Gasteiger partial charge in [0.2, 0.25) is 0 Å². The zero-order chi connectivity index (χ0) is 17.7. The minimum Gasteiger partial charge on any atom is -0.444 e. The quantitative estimate of drug-likeness (QED) is 0.825. The molecule has 1 aliphatic rings. The lowest BCUT2D eigenvalue weighted by Gasteiger charge is -2.32. The van der Waals surface area contributed by atoms with Crippen molar-refractivity contribution < 1.29 is 22.7 Å². The number of hydrogen-bond acceptors (Lipinski definition) is 3. The summed E-state index contributed by atoms with van der Waals surface area (Å²) in [6.45, 7) is 8.67. The van der Waals surface area contributed by atoms with E-state index in [1.807, 2.05) is 6.92 Å². The summed E-state index contributed by atoms with van der Waals surface area (Å²) in [5.41, 5.74) is -0.554. The number of alkyl halides is 3. The van der Waals surface area contributed by atoms with Crippen molar-refractivity contribution >= 4 is 6.09 Å². The second-order valence-electron chi connectivity index (χ2n) is 7.12. The molecule has 0 spiro atoms. The minimum absolute atomic E-state index is 0.127. The van der Waals surface area contributed by atoms with Crippen LogP contribution >= 0.6 is 0 Å². The van der Waals surface area contributed by atoms with E-state index < -0.39 is 23.8 Å². The molecule has 2 atom stereocenters. The van der Waals surface area contributed by atoms with Crippen molar-refractivity contribution in [1.29, 1.82) is 0 Å². The lowest BCUT2D eigenvalue weighted by Crippen LogP contribution is -2.44. The lowest BCUT2D eigenvalue weighted by atomic mass is 9.85. The number of nitrogens with one attached hydrogen (secondary N) is 1. The van der Waals surface area contributed by atoms with Crippen molar-refractivity contribution in [2.24, 2.45) is 5.92 Å². The molecule has 0 radical (unpaired) electrons. The largest absolute Gasteiger partial charge is 0.444 e. The van der Waals surface area contributed by atoms with Gasteiger partial charge in [-0.05, 0) is 47.0 Å². The van der Waals surface area contributed by atoms with E-state index in [2.05, 4.69) is 5.32 Å². The predicted molar refractivity (Wildman–Crippen MR) is 83.3 cm³/mol. The first-order valence-corrected chi connectivity index (χ1v) is 8.31. The standard InChI is InChI=1S/C16H29F3N2O2/c1-5-21(14(22)23-15(2,3)4)10-9-20-13-8-6-7-12(11-13)16(17,18)19/h12-13,20H,5-11H2,1-4H3. The second kappa shape index (κ2) is 8.22. The van der Waals surface area contributed by atoms with Gasteiger partial charge in [-0.3, -0.25) is 0 Å². The first kappa shape index (κ1) is 20.1. The summed E-state index contributed by atoms with van der Waals surface area (Å²) in [5.74, 6) is -1.21. The Kier molecular flexibility index (Phi) is 7.17. The van der Waals surface area contributed by atoms with Crippen molar-refractivity contribution in [3.8, 4) is 0 Å². The monoisotopic (exact) mass is 338 g/mol. The fourth-order valence-electron chi connectivity index (χ4n) is 2.78. The van der Waals surface area contributed by atoms with Crippen LogP contribution < -0.4 is 5.32 Å². The van der Waals surface area contributed by atoms with Crippen molar-refractivity contribution in [3.63, 3.8) is 0 Å². The molecule has 1 amide bonds. The van der Waals surface area contributed by atoms with Crippen molar-refractivity contribution in [2.75, 3.05) is 19.6 Å². The van der Waals surface area contributed by atoms with Crippen LogP contribution in [0.5, 0.6) is 0 Å². The van der Waals surface area contributed by atoms with Crippen LogP contribution in [0.4, 0.5) is 18.0 Å². The van der Waals surface area contributed by atoms with Gasteiger partial charge < -0.3 is 15.0 Å². The van der Waals surface area contributed by atoms with E-state index >= 15 is 0 Å². The van der Waals surface area contributed by atoms with E-state index in [1.54, 1.807) is 25.7 Å². The van der Waals surface area contributed by atoms with Gasteiger partial charge in [-0.2, -0.15) is 13.2 Å². The van der Waals surface area contributed by atoms with Crippen LogP contribution in [0.2, 0.25) is 0 Å². The SMILES string of the molecule is CCN(CCNC1CCCC(C(F)(F)F)C1)C(=O)OC(C)(C)C. The summed E-state index contributed by atoms with van der Waals surface area (Å²) in [4.78, 5) is 13.5. The molecule has 0 aromatic heterocycles. The van der Waals surface area contributed by atoms with Crippen molar-refractivity contribution in [2.45, 2.75) is 71.2 Å². The van der Waals surface area contributed by atoms with Gasteiger partial charge in [0.15, 0.2) is 0 Å². The van der Waals surface area contributed by atoms with Gasteiger partial charge in [0, 0.05) is 25.7 Å². The molecule has 0 aliphatic heterocycles. The molecule has 23 heavy (non-hydrogen) atoms. The fraction of sp³-hybridized carbons (Fsp3) is 0.938. The zero-order valence-electron chi connectivity index (χ0n) is 14.5. The predicted octanol–water partition coefficient (Wildman–Crippen LogP) is 3.95. The highest BCUT2D eigenvalue weighted by Crippen LogP contribution is 2.37. The van der Waals surface area contributed by atoms with Crippen LogP contribution in [0.1, 0.15) is 53.4 Å². The van der Waals surface area contributed by atoms with E-state index in [9.17, 15) is 18.0 Å². The van der Waals surface area contributed by atoms with Gasteiger partial charge in [0.25, 0.3) is 0 Å². The number of rotatable bonds is 5. The third kappa shape index (κ3) is 7.42. The molecule has 4 nitrogen and oxygen atoms in total. The molecule has 0 heterocycles. The fourth-order valence-corrected chi connectivity index (χ4v) is 2.78. The molecular formula is C16H29F3N2O2. The smallest absolute Gasteiger partial charge is 0.410 e. The molecule has 1 aliphatic carbocycles. The average Bonchev–Trinajstić information content (AvgIpc) is 2.41. The van der Waals surface area contributed by atoms with Gasteiger partial charge in [-0.15, -0.1) is 0 Å². The molecule has 136 valence electrons. The molecule has 0 aromatic rings. The molecule has 0 bridgehead atoms. The Hall–Kier alpha value is -0.980. The highest BCUT2D eigenvalue weighted by molar-refractivity contribution is 5.68. The van der Waals surface area contributed by atoms with Crippen LogP contribution in [0, 0.1) is 5.92 Å². The van der Waals surface area contributed by atoms with E-state index in [4.69, 9.17) is 4.74 Å². The van der Waals surface area contributed by atoms with Gasteiger partial charge in [-0.25, -0.2) is 4.79 Å². The maximum absolute atomic E-state index is 12.8. The molecule has 1 rings (SSSR count). The van der Waals surface area contributed by atoms with Gasteiger partial charge in [0.1, 0.15) is 5.60 Å². The zero-order valence-corrected chi connectivity index (χ0v) is 14.5. The Bertz CT molecular complexity index is 381. The molecule has 1 saturated carbocycles. The topological polar surface area (TPSA) is 41.6 Å². The van der Waals surface area contributed by atoms with E-state index in [0.717, 1.165) is 6.42 Å². The summed E-state index contributed by atoms with van der Waals surface area (Å²) >= 11 is 0. The second-order valence-corrected chi connectivity index (χ2v) is 7.12. The lowest BCUT2D eigenvalue weighted by molar-refractivity contribution is -0.183. The number of halogens is 3. The van der Waals surface area contributed by atoms with Gasteiger partial charge in [-0.1, -0.05) is 6.42 Å². The summed E-state index contributed by atoms with van der Waals surface area (Å²) in [6, 6.07) is -0.132. The van der Waals surface area contributed by atoms with Crippen molar-refractivity contribution in [3.05, 3.63) is 0 Å². The first-order chi connectivity index (χ1) is 10.5. The van der Waals surface area contributed by atoms with Gasteiger partial charge in [0.05, 0.1) is 5.92 Å². The maximum atomic E-state index is 12.8. The molecule has 1 N–H and O–H groups in total. The van der Waals surface area contributed by atoms with Crippen LogP contribution in [-0.2, 0) is 4.74 Å². The number of nitrogens with zero attached hydrogens (tertiary/aromatic N) is 1. The Balaban J connectivity index is 2.38. The summed E-state index contributed by atoms with van der Waals surface area (Å²) in [5, 5.41) is 3.16. The Morgan fingerprint density at radius 1 is 1.26 bits per heavy atom. The van der Waals surface area contributed by atoms with Crippen LogP contribution in [-0.4, -0.2) is 48.4 Å². The number of hydrogen-bond donors (Lipinski definition) is 1. The van der Waals surface area contributed by atoms with Crippen LogP contribution in [0.15, 0.2) is 0 Å². The summed E-state index contributed by atoms with van der Waals surface area (Å²) in [6.07, 6.45) is -2.80. The highest BCUT2D eigenvalue weighted by atomic mass is 19.4. The Labute approximate surface area is 136 Å². The molecule has 0 saturated heterocycles. The van der Waals surface area contributed by atoms with Crippen molar-refractivity contribution in [1.82, 2.24) is 10.2 Å². The Morgan fingerprint density at radius 3 is 2.43 bits per heavy atom. The molecule has 1 fully saturated rings. The first-order valence-electron chi connectivity index (χ1n) is 8.31. The number of likely N-dealkylation sites (N-methyl/N-ethyl adjacent to an activating group) is 1.